The quantitative estimate of drug-likeness (QED) is 0.783. The van der Waals surface area contributed by atoms with Crippen molar-refractivity contribution in [2.24, 2.45) is 5.92 Å². The van der Waals surface area contributed by atoms with Crippen LogP contribution in [0.5, 0.6) is 0 Å². The number of rotatable bonds is 6. The summed E-state index contributed by atoms with van der Waals surface area (Å²) in [4.78, 5) is 24.2. The van der Waals surface area contributed by atoms with E-state index in [0.29, 0.717) is 12.5 Å². The highest BCUT2D eigenvalue weighted by Crippen LogP contribution is 2.18. The van der Waals surface area contributed by atoms with Gasteiger partial charge in [-0.2, -0.15) is 0 Å². The van der Waals surface area contributed by atoms with Gasteiger partial charge in [-0.05, 0) is 17.7 Å². The van der Waals surface area contributed by atoms with Crippen LogP contribution in [0.15, 0.2) is 36.9 Å². The van der Waals surface area contributed by atoms with Crippen LogP contribution in [0.2, 0.25) is 0 Å². The molecule has 1 aliphatic heterocycles. The van der Waals surface area contributed by atoms with Crippen molar-refractivity contribution >= 4 is 5.91 Å². The van der Waals surface area contributed by atoms with Gasteiger partial charge in [0, 0.05) is 64.4 Å². The predicted molar refractivity (Wildman–Crippen MR) is 93.6 cm³/mol. The van der Waals surface area contributed by atoms with Crippen molar-refractivity contribution in [3.05, 3.63) is 48.3 Å². The highest BCUT2D eigenvalue weighted by Gasteiger charge is 2.23. The number of likely N-dealkylation sites (N-methyl/N-ethyl adjacent to an activating group) is 1. The van der Waals surface area contributed by atoms with Gasteiger partial charge < -0.3 is 14.2 Å². The summed E-state index contributed by atoms with van der Waals surface area (Å²) in [5.41, 5.74) is 1.23. The number of fused-ring (bicyclic) bond motifs is 1. The van der Waals surface area contributed by atoms with Crippen molar-refractivity contribution in [3.8, 4) is 0 Å². The molecule has 25 heavy (non-hydrogen) atoms. The number of hydrogen-bond donors (Lipinski definition) is 0. The van der Waals surface area contributed by atoms with E-state index in [-0.39, 0.29) is 12.5 Å². The number of aromatic nitrogens is 3. The van der Waals surface area contributed by atoms with Crippen LogP contribution in [0.4, 0.5) is 0 Å². The van der Waals surface area contributed by atoms with E-state index in [4.69, 9.17) is 4.74 Å². The minimum Gasteiger partial charge on any atom is -0.371 e. The van der Waals surface area contributed by atoms with Crippen LogP contribution in [0.1, 0.15) is 11.4 Å². The van der Waals surface area contributed by atoms with Gasteiger partial charge in [0.2, 0.25) is 5.91 Å². The number of carbonyl (C=O) groups excluding carboxylic acids is 1. The van der Waals surface area contributed by atoms with Gasteiger partial charge in [-0.25, -0.2) is 4.98 Å². The maximum absolute atomic E-state index is 11.7. The Morgan fingerprint density at radius 2 is 2.08 bits per heavy atom. The maximum Gasteiger partial charge on any atom is 0.248 e. The Hall–Kier alpha value is -2.25. The summed E-state index contributed by atoms with van der Waals surface area (Å²) in [6.07, 6.45) is 7.51. The summed E-state index contributed by atoms with van der Waals surface area (Å²) in [6.45, 7) is 4.11. The third-order valence-corrected chi connectivity index (χ3v) is 4.37. The third kappa shape index (κ3) is 4.87. The fourth-order valence-corrected chi connectivity index (χ4v) is 3.04. The predicted octanol–water partition coefficient (Wildman–Crippen LogP) is 1.01. The van der Waals surface area contributed by atoms with E-state index in [1.54, 1.807) is 19.0 Å². The van der Waals surface area contributed by atoms with Crippen molar-refractivity contribution in [2.45, 2.75) is 19.6 Å². The normalized spacial score (nSPS) is 17.8. The molecule has 0 N–H and O–H groups in total. The van der Waals surface area contributed by atoms with Gasteiger partial charge in [0.05, 0.1) is 13.2 Å². The number of amides is 1. The fourth-order valence-electron chi connectivity index (χ4n) is 3.04. The van der Waals surface area contributed by atoms with E-state index in [9.17, 15) is 4.79 Å². The van der Waals surface area contributed by atoms with Gasteiger partial charge in [-0.1, -0.05) is 0 Å². The molecule has 134 valence electrons. The molecule has 2 aromatic heterocycles. The van der Waals surface area contributed by atoms with E-state index in [0.717, 1.165) is 32.0 Å². The minimum absolute atomic E-state index is 0.00872. The molecule has 0 aliphatic carbocycles. The summed E-state index contributed by atoms with van der Waals surface area (Å²) in [5, 5.41) is 0. The molecule has 1 unspecified atom stereocenters. The zero-order valence-electron chi connectivity index (χ0n) is 14.8. The number of hydrogen-bond acceptors (Lipinski definition) is 5. The van der Waals surface area contributed by atoms with Crippen LogP contribution in [0, 0.1) is 5.92 Å². The molecule has 1 atom stereocenters. The van der Waals surface area contributed by atoms with E-state index >= 15 is 0 Å². The third-order valence-electron chi connectivity index (χ3n) is 4.37. The molecule has 2 aromatic rings. The number of imidazole rings is 1. The zero-order valence-corrected chi connectivity index (χ0v) is 14.8. The average Bonchev–Trinajstić information content (AvgIpc) is 2.95. The van der Waals surface area contributed by atoms with Crippen LogP contribution < -0.4 is 0 Å². The second-order valence-electron chi connectivity index (χ2n) is 6.69. The Balaban J connectivity index is 1.63. The standard InChI is InChI=1S/C18H25N5O2/c1-21(2)18(24)14-25-13-16-10-22(9-15-3-5-19-6-4-15)12-17-20-7-8-23(17)11-16/h3-8,16H,9-14H2,1-2H3. The van der Waals surface area contributed by atoms with E-state index in [2.05, 4.69) is 19.4 Å². The SMILES string of the molecule is CN(C)C(=O)COCC1CN(Cc2ccncc2)Cc2nccn2C1. The smallest absolute Gasteiger partial charge is 0.248 e. The second kappa shape index (κ2) is 8.22. The van der Waals surface area contributed by atoms with Gasteiger partial charge >= 0.3 is 0 Å². The van der Waals surface area contributed by atoms with Crippen LogP contribution in [-0.4, -0.2) is 64.1 Å². The van der Waals surface area contributed by atoms with E-state index in [1.165, 1.54) is 5.56 Å². The molecule has 0 fully saturated rings. The van der Waals surface area contributed by atoms with E-state index in [1.807, 2.05) is 36.9 Å². The highest BCUT2D eigenvalue weighted by molar-refractivity contribution is 5.76. The first-order valence-corrected chi connectivity index (χ1v) is 8.51. The largest absolute Gasteiger partial charge is 0.371 e. The van der Waals surface area contributed by atoms with Crippen molar-refractivity contribution < 1.29 is 9.53 Å². The Morgan fingerprint density at radius 1 is 1.28 bits per heavy atom. The van der Waals surface area contributed by atoms with Gasteiger partial charge in [0.25, 0.3) is 0 Å². The maximum atomic E-state index is 11.7. The van der Waals surface area contributed by atoms with Gasteiger partial charge in [-0.15, -0.1) is 0 Å². The number of nitrogens with zero attached hydrogens (tertiary/aromatic N) is 5. The summed E-state index contributed by atoms with van der Waals surface area (Å²) < 4.78 is 7.87. The Kier molecular flexibility index (Phi) is 5.78. The lowest BCUT2D eigenvalue weighted by Gasteiger charge is -2.24. The number of carbonyl (C=O) groups is 1. The lowest BCUT2D eigenvalue weighted by molar-refractivity contribution is -0.134. The van der Waals surface area contributed by atoms with Crippen LogP contribution in [-0.2, 0) is 29.2 Å². The van der Waals surface area contributed by atoms with Gasteiger partial charge in [-0.3, -0.25) is 14.7 Å². The molecule has 1 amide bonds. The summed E-state index contributed by atoms with van der Waals surface area (Å²) in [7, 11) is 3.48. The summed E-state index contributed by atoms with van der Waals surface area (Å²) in [5.74, 6) is 1.37. The van der Waals surface area contributed by atoms with Crippen molar-refractivity contribution in [2.75, 3.05) is 33.9 Å². The molecule has 3 heterocycles. The number of ether oxygens (including phenoxy) is 1. The highest BCUT2D eigenvalue weighted by atomic mass is 16.5. The molecule has 0 aromatic carbocycles. The second-order valence-corrected chi connectivity index (χ2v) is 6.69. The summed E-state index contributed by atoms with van der Waals surface area (Å²) in [6, 6.07) is 4.08. The first-order valence-electron chi connectivity index (χ1n) is 8.51. The molecule has 7 heteroatoms. The monoisotopic (exact) mass is 343 g/mol. The van der Waals surface area contributed by atoms with Crippen molar-refractivity contribution in [3.63, 3.8) is 0 Å². The number of pyridine rings is 1. The molecular formula is C18H25N5O2. The minimum atomic E-state index is -0.00872. The van der Waals surface area contributed by atoms with Crippen molar-refractivity contribution in [1.29, 1.82) is 0 Å². The van der Waals surface area contributed by atoms with Crippen molar-refractivity contribution in [1.82, 2.24) is 24.3 Å². The average molecular weight is 343 g/mol. The molecule has 1 aliphatic rings. The molecule has 0 saturated carbocycles. The zero-order chi connectivity index (χ0) is 17.6. The Morgan fingerprint density at radius 3 is 2.84 bits per heavy atom. The van der Waals surface area contributed by atoms with Crippen LogP contribution in [0.25, 0.3) is 0 Å². The Bertz CT molecular complexity index is 686. The first-order chi connectivity index (χ1) is 12.1. The van der Waals surface area contributed by atoms with Crippen LogP contribution in [0.3, 0.4) is 0 Å². The molecule has 0 bridgehead atoms. The van der Waals surface area contributed by atoms with Crippen LogP contribution >= 0.6 is 0 Å². The molecular weight excluding hydrogens is 318 g/mol. The van der Waals surface area contributed by atoms with Gasteiger partial charge in [0.15, 0.2) is 0 Å². The van der Waals surface area contributed by atoms with Gasteiger partial charge in [0.1, 0.15) is 12.4 Å². The molecule has 0 spiro atoms. The molecule has 0 radical (unpaired) electrons. The van der Waals surface area contributed by atoms with E-state index < -0.39 is 0 Å². The fraction of sp³-hybridized carbons (Fsp3) is 0.500. The Labute approximate surface area is 148 Å². The lowest BCUT2D eigenvalue weighted by atomic mass is 10.1. The molecule has 3 rings (SSSR count). The molecule has 7 nitrogen and oxygen atoms in total. The first kappa shape index (κ1) is 17.6. The molecule has 0 saturated heterocycles. The summed E-state index contributed by atoms with van der Waals surface area (Å²) >= 11 is 0. The lowest BCUT2D eigenvalue weighted by Crippen LogP contribution is -2.32. The topological polar surface area (TPSA) is 63.5 Å².